The van der Waals surface area contributed by atoms with Gasteiger partial charge in [-0.3, -0.25) is 4.79 Å². The number of carbonyl (C=O) groups excluding carboxylic acids is 1. The molecule has 0 fully saturated rings. The standard InChI is InChI=1S/C12H13NO3S/c1-2-7-17(15,16)9-12(14)11-5-3-10(8-13)4-6-11/h3-6H,2,7,9H2,1H3. The zero-order valence-corrected chi connectivity index (χ0v) is 10.3. The van der Waals surface area contributed by atoms with Crippen LogP contribution in [0.2, 0.25) is 0 Å². The summed E-state index contributed by atoms with van der Waals surface area (Å²) in [6.07, 6.45) is 0.503. The molecule has 0 aliphatic carbocycles. The predicted molar refractivity (Wildman–Crippen MR) is 64.4 cm³/mol. The maximum Gasteiger partial charge on any atom is 0.177 e. The van der Waals surface area contributed by atoms with Crippen LogP contribution in [0.4, 0.5) is 0 Å². The van der Waals surface area contributed by atoms with E-state index in [2.05, 4.69) is 0 Å². The van der Waals surface area contributed by atoms with Gasteiger partial charge in [-0.15, -0.1) is 0 Å². The molecule has 0 radical (unpaired) electrons. The monoisotopic (exact) mass is 251 g/mol. The molecule has 1 rings (SSSR count). The Hall–Kier alpha value is -1.67. The minimum atomic E-state index is -3.31. The summed E-state index contributed by atoms with van der Waals surface area (Å²) in [5.74, 6) is -0.871. The highest BCUT2D eigenvalue weighted by molar-refractivity contribution is 7.92. The Morgan fingerprint density at radius 2 is 1.88 bits per heavy atom. The molecule has 1 aromatic rings. The van der Waals surface area contributed by atoms with Crippen LogP contribution in [0.1, 0.15) is 29.3 Å². The quantitative estimate of drug-likeness (QED) is 0.744. The number of ketones is 1. The number of nitrogens with zero attached hydrogens (tertiary/aromatic N) is 1. The summed E-state index contributed by atoms with van der Waals surface area (Å²) in [6.45, 7) is 1.75. The molecule has 0 spiro atoms. The van der Waals surface area contributed by atoms with Gasteiger partial charge in [-0.2, -0.15) is 5.26 Å². The molecule has 0 unspecified atom stereocenters. The van der Waals surface area contributed by atoms with Crippen LogP contribution in [0.25, 0.3) is 0 Å². The summed E-state index contributed by atoms with van der Waals surface area (Å²) in [5.41, 5.74) is 0.765. The Morgan fingerprint density at radius 3 is 2.35 bits per heavy atom. The lowest BCUT2D eigenvalue weighted by molar-refractivity contribution is 0.102. The molecule has 0 aliphatic rings. The van der Waals surface area contributed by atoms with Gasteiger partial charge in [0.15, 0.2) is 15.6 Å². The molecule has 0 amide bonds. The molecule has 5 heteroatoms. The van der Waals surface area contributed by atoms with Crippen molar-refractivity contribution in [2.24, 2.45) is 0 Å². The van der Waals surface area contributed by atoms with Crippen LogP contribution in [-0.4, -0.2) is 25.7 Å². The topological polar surface area (TPSA) is 75.0 Å². The lowest BCUT2D eigenvalue weighted by Crippen LogP contribution is -2.18. The summed E-state index contributed by atoms with van der Waals surface area (Å²) in [6, 6.07) is 7.88. The maximum atomic E-state index is 11.7. The number of rotatable bonds is 5. The molecule has 0 saturated carbocycles. The van der Waals surface area contributed by atoms with Gasteiger partial charge in [0, 0.05) is 5.56 Å². The number of benzene rings is 1. The fourth-order valence-electron chi connectivity index (χ4n) is 1.40. The summed E-state index contributed by atoms with van der Waals surface area (Å²) in [7, 11) is -3.31. The van der Waals surface area contributed by atoms with Gasteiger partial charge in [0.25, 0.3) is 0 Å². The third kappa shape index (κ3) is 4.00. The SMILES string of the molecule is CCCS(=O)(=O)CC(=O)c1ccc(C#N)cc1. The molecular formula is C12H13NO3S. The summed E-state index contributed by atoms with van der Waals surface area (Å²) >= 11 is 0. The summed E-state index contributed by atoms with van der Waals surface area (Å²) < 4.78 is 22.9. The number of Topliss-reactive ketones (excluding diaryl/α,β-unsaturated/α-hetero) is 1. The second-order valence-electron chi connectivity index (χ2n) is 3.70. The highest BCUT2D eigenvalue weighted by Gasteiger charge is 2.16. The smallest absolute Gasteiger partial charge is 0.177 e. The van der Waals surface area contributed by atoms with Crippen LogP contribution in [0.3, 0.4) is 0 Å². The van der Waals surface area contributed by atoms with Crippen LogP contribution in [-0.2, 0) is 9.84 Å². The van der Waals surface area contributed by atoms with Crippen LogP contribution in [0.15, 0.2) is 24.3 Å². The fraction of sp³-hybridized carbons (Fsp3) is 0.333. The van der Waals surface area contributed by atoms with Gasteiger partial charge in [-0.05, 0) is 18.6 Å². The zero-order chi connectivity index (χ0) is 12.9. The highest BCUT2D eigenvalue weighted by Crippen LogP contribution is 2.06. The Morgan fingerprint density at radius 1 is 1.29 bits per heavy atom. The van der Waals surface area contributed by atoms with Gasteiger partial charge in [0.05, 0.1) is 17.4 Å². The molecule has 17 heavy (non-hydrogen) atoms. The van der Waals surface area contributed by atoms with E-state index in [1.54, 1.807) is 6.92 Å². The molecule has 1 aromatic carbocycles. The first-order chi connectivity index (χ1) is 7.98. The number of sulfone groups is 1. The number of hydrogen-bond acceptors (Lipinski definition) is 4. The van der Waals surface area contributed by atoms with Crippen molar-refractivity contribution < 1.29 is 13.2 Å². The van der Waals surface area contributed by atoms with Crippen LogP contribution >= 0.6 is 0 Å². The second kappa shape index (κ2) is 5.60. The molecule has 0 aromatic heterocycles. The van der Waals surface area contributed by atoms with E-state index in [9.17, 15) is 13.2 Å². The van der Waals surface area contributed by atoms with Crippen LogP contribution < -0.4 is 0 Å². The Bertz CT molecular complexity index is 538. The predicted octanol–water partition coefficient (Wildman–Crippen LogP) is 1.57. The largest absolute Gasteiger partial charge is 0.293 e. The lowest BCUT2D eigenvalue weighted by atomic mass is 10.1. The van der Waals surface area contributed by atoms with Gasteiger partial charge < -0.3 is 0 Å². The summed E-state index contributed by atoms with van der Waals surface area (Å²) in [5, 5.41) is 8.59. The van der Waals surface area contributed by atoms with Crippen molar-refractivity contribution >= 4 is 15.6 Å². The summed E-state index contributed by atoms with van der Waals surface area (Å²) in [4.78, 5) is 11.7. The number of carbonyl (C=O) groups is 1. The number of hydrogen-bond donors (Lipinski definition) is 0. The minimum Gasteiger partial charge on any atom is -0.293 e. The van der Waals surface area contributed by atoms with Crippen molar-refractivity contribution in [3.05, 3.63) is 35.4 Å². The molecule has 90 valence electrons. The third-order valence-electron chi connectivity index (χ3n) is 2.20. The van der Waals surface area contributed by atoms with Gasteiger partial charge in [-0.1, -0.05) is 19.1 Å². The minimum absolute atomic E-state index is 0.0228. The van der Waals surface area contributed by atoms with E-state index < -0.39 is 21.4 Å². The van der Waals surface area contributed by atoms with E-state index >= 15 is 0 Å². The van der Waals surface area contributed by atoms with Crippen molar-refractivity contribution in [3.8, 4) is 6.07 Å². The van der Waals surface area contributed by atoms with Crippen molar-refractivity contribution in [3.63, 3.8) is 0 Å². The molecular weight excluding hydrogens is 238 g/mol. The van der Waals surface area contributed by atoms with E-state index in [0.717, 1.165) is 0 Å². The first-order valence-corrected chi connectivity index (χ1v) is 7.04. The van der Waals surface area contributed by atoms with Gasteiger partial charge in [0.2, 0.25) is 0 Å². The first-order valence-electron chi connectivity index (χ1n) is 5.22. The Labute approximate surface area is 101 Å². The normalized spacial score (nSPS) is 10.8. The zero-order valence-electron chi connectivity index (χ0n) is 9.51. The highest BCUT2D eigenvalue weighted by atomic mass is 32.2. The van der Waals surface area contributed by atoms with Gasteiger partial charge in [-0.25, -0.2) is 8.42 Å². The van der Waals surface area contributed by atoms with E-state index in [0.29, 0.717) is 17.5 Å². The fourth-order valence-corrected chi connectivity index (χ4v) is 2.73. The van der Waals surface area contributed by atoms with E-state index in [-0.39, 0.29) is 5.75 Å². The van der Waals surface area contributed by atoms with E-state index in [4.69, 9.17) is 5.26 Å². The van der Waals surface area contributed by atoms with Crippen molar-refractivity contribution in [2.45, 2.75) is 13.3 Å². The molecule has 0 heterocycles. The average molecular weight is 251 g/mol. The molecule has 0 N–H and O–H groups in total. The van der Waals surface area contributed by atoms with Crippen molar-refractivity contribution in [2.75, 3.05) is 11.5 Å². The molecule has 0 aliphatic heterocycles. The van der Waals surface area contributed by atoms with E-state index in [1.165, 1.54) is 24.3 Å². The second-order valence-corrected chi connectivity index (χ2v) is 5.89. The Balaban J connectivity index is 2.81. The molecule has 4 nitrogen and oxygen atoms in total. The molecule has 0 atom stereocenters. The molecule has 0 bridgehead atoms. The first kappa shape index (κ1) is 13.4. The van der Waals surface area contributed by atoms with Crippen LogP contribution in [0, 0.1) is 11.3 Å². The third-order valence-corrected chi connectivity index (χ3v) is 3.93. The van der Waals surface area contributed by atoms with Gasteiger partial charge >= 0.3 is 0 Å². The lowest BCUT2D eigenvalue weighted by Gasteiger charge is -2.02. The maximum absolute atomic E-state index is 11.7. The molecule has 0 saturated heterocycles. The van der Waals surface area contributed by atoms with Crippen LogP contribution in [0.5, 0.6) is 0 Å². The Kier molecular flexibility index (Phi) is 4.41. The van der Waals surface area contributed by atoms with Crippen molar-refractivity contribution in [1.29, 1.82) is 5.26 Å². The van der Waals surface area contributed by atoms with Crippen molar-refractivity contribution in [1.82, 2.24) is 0 Å². The number of nitriles is 1. The van der Waals surface area contributed by atoms with E-state index in [1.807, 2.05) is 6.07 Å². The van der Waals surface area contributed by atoms with Gasteiger partial charge in [0.1, 0.15) is 5.75 Å². The average Bonchev–Trinajstić information content (AvgIpc) is 2.28.